The van der Waals surface area contributed by atoms with E-state index in [9.17, 15) is 14.3 Å². The summed E-state index contributed by atoms with van der Waals surface area (Å²) in [4.78, 5) is 13.9. The number of rotatable bonds is 9. The van der Waals surface area contributed by atoms with Crippen LogP contribution in [0, 0.1) is 5.82 Å². The van der Waals surface area contributed by atoms with Gasteiger partial charge in [-0.25, -0.2) is 4.39 Å². The highest BCUT2D eigenvalue weighted by Crippen LogP contribution is 2.16. The number of aliphatic hydroxyl groups excluding tert-OH is 1. The van der Waals surface area contributed by atoms with Gasteiger partial charge >= 0.3 is 0 Å². The first-order chi connectivity index (χ1) is 12.1. The van der Waals surface area contributed by atoms with Crippen molar-refractivity contribution in [2.24, 2.45) is 0 Å². The first-order valence-corrected chi connectivity index (χ1v) is 8.11. The second-order valence-electron chi connectivity index (χ2n) is 5.37. The number of aliphatic hydroxyl groups is 1. The van der Waals surface area contributed by atoms with Gasteiger partial charge in [0, 0.05) is 19.2 Å². The lowest BCUT2D eigenvalue weighted by atomic mass is 10.2. The Labute approximate surface area is 146 Å². The number of hydrogen-bond donors (Lipinski definition) is 1. The number of amides is 1. The van der Waals surface area contributed by atoms with E-state index in [0.29, 0.717) is 13.2 Å². The van der Waals surface area contributed by atoms with E-state index in [2.05, 4.69) is 0 Å². The highest BCUT2D eigenvalue weighted by molar-refractivity contribution is 5.77. The molecule has 0 aliphatic carbocycles. The van der Waals surface area contributed by atoms with Gasteiger partial charge in [-0.1, -0.05) is 18.2 Å². The van der Waals surface area contributed by atoms with Crippen LogP contribution in [0.25, 0.3) is 0 Å². The lowest BCUT2D eigenvalue weighted by Gasteiger charge is -2.22. The Morgan fingerprint density at radius 3 is 2.52 bits per heavy atom. The molecular weight excluding hydrogens is 325 g/mol. The molecule has 0 aromatic heterocycles. The van der Waals surface area contributed by atoms with Crippen molar-refractivity contribution in [2.75, 3.05) is 26.4 Å². The van der Waals surface area contributed by atoms with Gasteiger partial charge in [-0.2, -0.15) is 0 Å². The molecule has 5 nitrogen and oxygen atoms in total. The molecule has 25 heavy (non-hydrogen) atoms. The van der Waals surface area contributed by atoms with Crippen LogP contribution in [0.4, 0.5) is 4.39 Å². The summed E-state index contributed by atoms with van der Waals surface area (Å²) in [5.41, 5.74) is 0.888. The Morgan fingerprint density at radius 1 is 1.12 bits per heavy atom. The SMILES string of the molecule is CCOc1cccc(CN(CCO)C(=O)COc2cccc(F)c2)c1. The predicted octanol–water partition coefficient (Wildman–Crippen LogP) is 2.62. The fourth-order valence-electron chi connectivity index (χ4n) is 2.33. The van der Waals surface area contributed by atoms with Crippen molar-refractivity contribution in [3.05, 3.63) is 59.9 Å². The largest absolute Gasteiger partial charge is 0.494 e. The zero-order chi connectivity index (χ0) is 18.1. The van der Waals surface area contributed by atoms with E-state index in [1.807, 2.05) is 31.2 Å². The van der Waals surface area contributed by atoms with Crippen LogP contribution in [0.3, 0.4) is 0 Å². The summed E-state index contributed by atoms with van der Waals surface area (Å²) in [6.07, 6.45) is 0. The third-order valence-electron chi connectivity index (χ3n) is 3.46. The summed E-state index contributed by atoms with van der Waals surface area (Å²) in [7, 11) is 0. The molecule has 0 heterocycles. The number of hydrogen-bond acceptors (Lipinski definition) is 4. The highest BCUT2D eigenvalue weighted by Gasteiger charge is 2.15. The number of nitrogens with zero attached hydrogens (tertiary/aromatic N) is 1. The van der Waals surface area contributed by atoms with E-state index in [0.717, 1.165) is 11.3 Å². The summed E-state index contributed by atoms with van der Waals surface area (Å²) in [6, 6.07) is 13.1. The molecule has 2 aromatic carbocycles. The second kappa shape index (κ2) is 9.64. The first-order valence-electron chi connectivity index (χ1n) is 8.11. The van der Waals surface area contributed by atoms with Crippen molar-refractivity contribution < 1.29 is 23.8 Å². The smallest absolute Gasteiger partial charge is 0.260 e. The second-order valence-corrected chi connectivity index (χ2v) is 5.37. The van der Waals surface area contributed by atoms with Crippen LogP contribution in [0.2, 0.25) is 0 Å². The summed E-state index contributed by atoms with van der Waals surface area (Å²) in [5.74, 6) is 0.299. The minimum Gasteiger partial charge on any atom is -0.494 e. The van der Waals surface area contributed by atoms with E-state index < -0.39 is 5.82 Å². The quantitative estimate of drug-likeness (QED) is 0.758. The summed E-state index contributed by atoms with van der Waals surface area (Å²) >= 11 is 0. The monoisotopic (exact) mass is 347 g/mol. The highest BCUT2D eigenvalue weighted by atomic mass is 19.1. The van der Waals surface area contributed by atoms with E-state index >= 15 is 0 Å². The van der Waals surface area contributed by atoms with Gasteiger partial charge in [0.1, 0.15) is 17.3 Å². The zero-order valence-electron chi connectivity index (χ0n) is 14.2. The maximum atomic E-state index is 13.1. The van der Waals surface area contributed by atoms with Gasteiger partial charge in [0.25, 0.3) is 5.91 Å². The van der Waals surface area contributed by atoms with E-state index in [1.165, 1.54) is 23.1 Å². The fraction of sp³-hybridized carbons (Fsp3) is 0.316. The maximum Gasteiger partial charge on any atom is 0.260 e. The standard InChI is InChI=1S/C19H22FNO4/c1-2-24-17-7-3-5-15(11-17)13-21(9-10-22)19(23)14-25-18-8-4-6-16(20)12-18/h3-8,11-12,22H,2,9-10,13-14H2,1H3. The molecule has 0 spiro atoms. The normalized spacial score (nSPS) is 10.4. The molecule has 1 N–H and O–H groups in total. The number of halogens is 1. The molecule has 6 heteroatoms. The van der Waals surface area contributed by atoms with Crippen molar-refractivity contribution in [3.63, 3.8) is 0 Å². The van der Waals surface area contributed by atoms with E-state index in [1.54, 1.807) is 6.07 Å². The molecule has 0 saturated carbocycles. The van der Waals surface area contributed by atoms with Crippen molar-refractivity contribution in [2.45, 2.75) is 13.5 Å². The van der Waals surface area contributed by atoms with Crippen LogP contribution >= 0.6 is 0 Å². The molecule has 134 valence electrons. The Hall–Kier alpha value is -2.60. The van der Waals surface area contributed by atoms with Crippen LogP contribution in [-0.2, 0) is 11.3 Å². The molecule has 2 aromatic rings. The average molecular weight is 347 g/mol. The molecule has 0 bridgehead atoms. The average Bonchev–Trinajstić information content (AvgIpc) is 2.60. The minimum atomic E-state index is -0.426. The number of ether oxygens (including phenoxy) is 2. The van der Waals surface area contributed by atoms with Gasteiger partial charge in [0.2, 0.25) is 0 Å². The molecule has 0 radical (unpaired) electrons. The van der Waals surface area contributed by atoms with Crippen LogP contribution < -0.4 is 9.47 Å². The third kappa shape index (κ3) is 6.08. The Bertz CT molecular complexity index is 693. The molecule has 0 aliphatic heterocycles. The number of benzene rings is 2. The van der Waals surface area contributed by atoms with E-state index in [-0.39, 0.29) is 31.4 Å². The van der Waals surface area contributed by atoms with Gasteiger partial charge < -0.3 is 19.5 Å². The zero-order valence-corrected chi connectivity index (χ0v) is 14.2. The van der Waals surface area contributed by atoms with Gasteiger partial charge in [-0.15, -0.1) is 0 Å². The van der Waals surface area contributed by atoms with Crippen LogP contribution in [0.5, 0.6) is 11.5 Å². The Kier molecular flexibility index (Phi) is 7.22. The van der Waals surface area contributed by atoms with Crippen molar-refractivity contribution in [3.8, 4) is 11.5 Å². The van der Waals surface area contributed by atoms with Crippen molar-refractivity contribution in [1.82, 2.24) is 4.90 Å². The Morgan fingerprint density at radius 2 is 1.84 bits per heavy atom. The van der Waals surface area contributed by atoms with Crippen LogP contribution in [0.1, 0.15) is 12.5 Å². The Balaban J connectivity index is 1.98. The predicted molar refractivity (Wildman–Crippen MR) is 92.0 cm³/mol. The van der Waals surface area contributed by atoms with Crippen molar-refractivity contribution in [1.29, 1.82) is 0 Å². The molecular formula is C19H22FNO4. The van der Waals surface area contributed by atoms with Gasteiger partial charge in [0.15, 0.2) is 6.61 Å². The topological polar surface area (TPSA) is 59.0 Å². The van der Waals surface area contributed by atoms with Crippen LogP contribution in [-0.4, -0.2) is 42.3 Å². The fourth-order valence-corrected chi connectivity index (χ4v) is 2.33. The summed E-state index contributed by atoms with van der Waals surface area (Å²) in [6.45, 7) is 2.59. The molecule has 0 atom stereocenters. The number of carbonyl (C=O) groups excluding carboxylic acids is 1. The maximum absolute atomic E-state index is 13.1. The van der Waals surface area contributed by atoms with Gasteiger partial charge in [-0.05, 0) is 36.8 Å². The molecule has 0 fully saturated rings. The molecule has 1 amide bonds. The molecule has 0 unspecified atom stereocenters. The summed E-state index contributed by atoms with van der Waals surface area (Å²) < 4.78 is 23.9. The lowest BCUT2D eigenvalue weighted by Crippen LogP contribution is -2.36. The third-order valence-corrected chi connectivity index (χ3v) is 3.46. The van der Waals surface area contributed by atoms with Crippen LogP contribution in [0.15, 0.2) is 48.5 Å². The first kappa shape index (κ1) is 18.7. The lowest BCUT2D eigenvalue weighted by molar-refractivity contribution is -0.134. The molecule has 0 aliphatic rings. The molecule has 0 saturated heterocycles. The molecule has 2 rings (SSSR count). The summed E-state index contributed by atoms with van der Waals surface area (Å²) in [5, 5.41) is 9.22. The van der Waals surface area contributed by atoms with E-state index in [4.69, 9.17) is 9.47 Å². The number of carbonyl (C=O) groups is 1. The minimum absolute atomic E-state index is 0.156. The van der Waals surface area contributed by atoms with Gasteiger partial charge in [-0.3, -0.25) is 4.79 Å². The van der Waals surface area contributed by atoms with Gasteiger partial charge in [0.05, 0.1) is 13.2 Å². The van der Waals surface area contributed by atoms with Crippen molar-refractivity contribution >= 4 is 5.91 Å².